The minimum absolute atomic E-state index is 0.0304. The third-order valence-electron chi connectivity index (χ3n) is 6.03. The van der Waals surface area contributed by atoms with Gasteiger partial charge in [0.25, 0.3) is 0 Å². The normalized spacial score (nSPS) is 14.2. The molecule has 0 radical (unpaired) electrons. The molecule has 0 spiro atoms. The van der Waals surface area contributed by atoms with E-state index in [-0.39, 0.29) is 11.5 Å². The summed E-state index contributed by atoms with van der Waals surface area (Å²) in [6, 6.07) is 5.28. The lowest BCUT2D eigenvalue weighted by molar-refractivity contribution is 0.377. The zero-order chi connectivity index (χ0) is 21.8. The van der Waals surface area contributed by atoms with Crippen LogP contribution in [-0.4, -0.2) is 0 Å². The van der Waals surface area contributed by atoms with Crippen molar-refractivity contribution in [2.75, 3.05) is 0 Å². The Bertz CT molecular complexity index is 946. The largest absolute Gasteiger partial charge is 0.450 e. The molecule has 3 rings (SSSR count). The topological polar surface area (TPSA) is 9.23 Å². The van der Waals surface area contributed by atoms with Gasteiger partial charge >= 0.3 is 0 Å². The Hall–Kier alpha value is -2.23. The van der Waals surface area contributed by atoms with Gasteiger partial charge in [-0.3, -0.25) is 0 Å². The number of rotatable bonds is 8. The van der Waals surface area contributed by atoms with Gasteiger partial charge in [0.2, 0.25) is 5.82 Å². The molecule has 0 saturated carbocycles. The van der Waals surface area contributed by atoms with Crippen LogP contribution < -0.4 is 4.74 Å². The minimum Gasteiger partial charge on any atom is -0.450 e. The van der Waals surface area contributed by atoms with Crippen molar-refractivity contribution in [2.24, 2.45) is 5.92 Å². The van der Waals surface area contributed by atoms with Gasteiger partial charge in [-0.25, -0.2) is 8.78 Å². The molecular weight excluding hydrogens is 385 g/mol. The maximum Gasteiger partial charge on any atom is 0.201 e. The molecule has 0 aromatic heterocycles. The summed E-state index contributed by atoms with van der Waals surface area (Å²) in [6.07, 6.45) is 7.21. The Morgan fingerprint density at radius 2 is 1.73 bits per heavy atom. The third-order valence-corrected chi connectivity index (χ3v) is 6.03. The minimum atomic E-state index is -1.02. The molecule has 1 aliphatic rings. The molecule has 30 heavy (non-hydrogen) atoms. The van der Waals surface area contributed by atoms with E-state index < -0.39 is 17.5 Å². The highest BCUT2D eigenvalue weighted by Crippen LogP contribution is 2.42. The molecule has 1 unspecified atom stereocenters. The fourth-order valence-electron chi connectivity index (χ4n) is 3.80. The summed E-state index contributed by atoms with van der Waals surface area (Å²) in [4.78, 5) is 0. The van der Waals surface area contributed by atoms with E-state index in [1.165, 1.54) is 5.57 Å². The predicted molar refractivity (Wildman–Crippen MR) is 116 cm³/mol. The van der Waals surface area contributed by atoms with Crippen LogP contribution in [0.2, 0.25) is 0 Å². The maximum absolute atomic E-state index is 15.1. The maximum atomic E-state index is 15.1. The highest BCUT2D eigenvalue weighted by atomic mass is 19.2. The molecule has 0 aliphatic carbocycles. The fourth-order valence-corrected chi connectivity index (χ4v) is 3.80. The molecule has 1 heterocycles. The van der Waals surface area contributed by atoms with Crippen LogP contribution in [-0.2, 0) is 19.3 Å². The summed E-state index contributed by atoms with van der Waals surface area (Å²) < 4.78 is 49.7. The first-order valence-electron chi connectivity index (χ1n) is 11.0. The molecule has 2 aromatic rings. The monoisotopic (exact) mass is 416 g/mol. The van der Waals surface area contributed by atoms with Crippen LogP contribution in [0.4, 0.5) is 13.2 Å². The summed E-state index contributed by atoms with van der Waals surface area (Å²) in [6.45, 7) is 8.38. The van der Waals surface area contributed by atoms with Gasteiger partial charge in [-0.15, -0.1) is 0 Å². The van der Waals surface area contributed by atoms with E-state index >= 15 is 4.39 Å². The van der Waals surface area contributed by atoms with Crippen molar-refractivity contribution in [3.63, 3.8) is 0 Å². The Morgan fingerprint density at radius 1 is 1.00 bits per heavy atom. The number of hydrogen-bond acceptors (Lipinski definition) is 1. The van der Waals surface area contributed by atoms with E-state index in [9.17, 15) is 8.78 Å². The molecule has 0 N–H and O–H groups in total. The summed E-state index contributed by atoms with van der Waals surface area (Å²) >= 11 is 0. The van der Waals surface area contributed by atoms with Gasteiger partial charge in [0, 0.05) is 17.5 Å². The highest BCUT2D eigenvalue weighted by Gasteiger charge is 2.28. The van der Waals surface area contributed by atoms with Crippen LogP contribution in [0.25, 0.3) is 0 Å². The average molecular weight is 417 g/mol. The molecule has 2 aromatic carbocycles. The van der Waals surface area contributed by atoms with Crippen molar-refractivity contribution < 1.29 is 17.9 Å². The summed E-state index contributed by atoms with van der Waals surface area (Å²) in [5, 5.41) is 0. The molecule has 0 fully saturated rings. The first-order valence-corrected chi connectivity index (χ1v) is 11.0. The van der Waals surface area contributed by atoms with Gasteiger partial charge in [0.1, 0.15) is 0 Å². The smallest absolute Gasteiger partial charge is 0.201 e. The van der Waals surface area contributed by atoms with E-state index in [1.54, 1.807) is 12.1 Å². The third kappa shape index (κ3) is 4.74. The Morgan fingerprint density at radius 3 is 2.43 bits per heavy atom. The van der Waals surface area contributed by atoms with Crippen LogP contribution in [0.15, 0.2) is 29.8 Å². The van der Waals surface area contributed by atoms with Gasteiger partial charge in [-0.2, -0.15) is 4.39 Å². The Balaban J connectivity index is 1.80. The molecular formula is C26H31F3O. The van der Waals surface area contributed by atoms with Gasteiger partial charge in [-0.05, 0) is 55.7 Å². The quantitative estimate of drug-likeness (QED) is 0.337. The second-order valence-electron chi connectivity index (χ2n) is 8.51. The van der Waals surface area contributed by atoms with E-state index in [4.69, 9.17) is 4.74 Å². The summed E-state index contributed by atoms with van der Waals surface area (Å²) in [7, 11) is 0. The molecule has 1 aliphatic heterocycles. The van der Waals surface area contributed by atoms with Crippen LogP contribution >= 0.6 is 0 Å². The van der Waals surface area contributed by atoms with Crippen LogP contribution in [0.1, 0.15) is 75.6 Å². The average Bonchev–Trinajstić information content (AvgIpc) is 2.74. The van der Waals surface area contributed by atoms with E-state index in [1.807, 2.05) is 13.0 Å². The van der Waals surface area contributed by atoms with Crippen molar-refractivity contribution in [3.8, 4) is 11.5 Å². The number of allylic oxidation sites excluding steroid dienone is 2. The molecule has 0 saturated heterocycles. The van der Waals surface area contributed by atoms with E-state index in [2.05, 4.69) is 26.8 Å². The summed E-state index contributed by atoms with van der Waals surface area (Å²) in [5.41, 5.74) is 3.35. The van der Waals surface area contributed by atoms with Crippen LogP contribution in [0.3, 0.4) is 0 Å². The van der Waals surface area contributed by atoms with E-state index in [0.29, 0.717) is 47.4 Å². The van der Waals surface area contributed by atoms with Crippen LogP contribution in [0, 0.1) is 23.4 Å². The predicted octanol–water partition coefficient (Wildman–Crippen LogP) is 8.07. The Labute approximate surface area is 178 Å². The van der Waals surface area contributed by atoms with Gasteiger partial charge in [0.15, 0.2) is 23.1 Å². The number of halogens is 3. The second-order valence-corrected chi connectivity index (χ2v) is 8.51. The lowest BCUT2D eigenvalue weighted by Gasteiger charge is -2.23. The number of fused-ring (bicyclic) bond motifs is 2. The van der Waals surface area contributed by atoms with Gasteiger partial charge in [0.05, 0.1) is 0 Å². The fraction of sp³-hybridized carbons (Fsp3) is 0.462. The molecule has 0 bridgehead atoms. The highest BCUT2D eigenvalue weighted by molar-refractivity contribution is 5.53. The molecule has 4 heteroatoms. The van der Waals surface area contributed by atoms with Crippen molar-refractivity contribution in [1.82, 2.24) is 0 Å². The van der Waals surface area contributed by atoms with Gasteiger partial charge in [-0.1, -0.05) is 57.4 Å². The van der Waals surface area contributed by atoms with Crippen molar-refractivity contribution in [3.05, 3.63) is 69.6 Å². The summed E-state index contributed by atoms with van der Waals surface area (Å²) in [5.74, 6) is -1.89. The van der Waals surface area contributed by atoms with Crippen molar-refractivity contribution >= 4 is 0 Å². The lowest BCUT2D eigenvalue weighted by atomic mass is 9.94. The lowest BCUT2D eigenvalue weighted by Crippen LogP contribution is -2.11. The van der Waals surface area contributed by atoms with Gasteiger partial charge < -0.3 is 4.74 Å². The van der Waals surface area contributed by atoms with Crippen molar-refractivity contribution in [2.45, 2.75) is 72.6 Å². The number of aryl methyl sites for hydroxylation is 2. The first-order chi connectivity index (χ1) is 14.3. The second kappa shape index (κ2) is 9.72. The molecule has 1 atom stereocenters. The van der Waals surface area contributed by atoms with Crippen LogP contribution in [0.5, 0.6) is 11.5 Å². The standard InChI is InChI=1S/C26H31F3O/c1-5-7-19-14-21-15-20-13-12-18(11-10-17(4)9-8-16(3)6-2)23(28)25(20)30-26(21)24(29)22(19)27/h9,12-14,16H,5-8,10-11,15H2,1-4H3/b17-9+. The van der Waals surface area contributed by atoms with Crippen molar-refractivity contribution in [1.29, 1.82) is 0 Å². The Kier molecular flexibility index (Phi) is 7.27. The number of hydrogen-bond donors (Lipinski definition) is 0. The first kappa shape index (κ1) is 22.5. The molecule has 162 valence electrons. The number of benzene rings is 2. The van der Waals surface area contributed by atoms with E-state index in [0.717, 1.165) is 25.7 Å². The molecule has 0 amide bonds. The zero-order valence-electron chi connectivity index (χ0n) is 18.4. The molecule has 1 nitrogen and oxygen atoms in total. The SMILES string of the molecule is CCCc1cc2c(c(F)c1F)Oc1c(ccc(CC/C(C)=C/CC(C)CC)c1F)C2. The zero-order valence-corrected chi connectivity index (χ0v) is 18.4. The number of ether oxygens (including phenoxy) is 1.